The van der Waals surface area contributed by atoms with Gasteiger partial charge in [0.1, 0.15) is 0 Å². The van der Waals surface area contributed by atoms with Crippen molar-refractivity contribution in [3.05, 3.63) is 23.8 Å². The summed E-state index contributed by atoms with van der Waals surface area (Å²) >= 11 is 0. The molecule has 0 saturated carbocycles. The minimum absolute atomic E-state index is 0.139. The monoisotopic (exact) mass is 218 g/mol. The van der Waals surface area contributed by atoms with Gasteiger partial charge in [-0.25, -0.2) is 8.78 Å². The highest BCUT2D eigenvalue weighted by molar-refractivity contribution is 5.12. The smallest absolute Gasteiger partial charge is 0.251 e. The third kappa shape index (κ3) is 3.65. The van der Waals surface area contributed by atoms with Crippen molar-refractivity contribution in [1.82, 2.24) is 4.90 Å². The molecule has 1 saturated heterocycles. The van der Waals surface area contributed by atoms with Crippen LogP contribution >= 0.6 is 0 Å². The van der Waals surface area contributed by atoms with Crippen LogP contribution < -0.4 is 17.2 Å². The Kier molecular flexibility index (Phi) is 3.39. The van der Waals surface area contributed by atoms with Crippen molar-refractivity contribution >= 4 is 0 Å². The average molecular weight is 218 g/mol. The first-order valence-corrected chi connectivity index (χ1v) is 4.72. The molecule has 6 N–H and O–H groups in total. The van der Waals surface area contributed by atoms with Crippen LogP contribution in [0.4, 0.5) is 8.78 Å². The molecule has 0 aromatic rings. The van der Waals surface area contributed by atoms with Crippen LogP contribution in [0.2, 0.25) is 0 Å². The predicted molar refractivity (Wildman–Crippen MR) is 54.5 cm³/mol. The van der Waals surface area contributed by atoms with Crippen LogP contribution in [-0.2, 0) is 0 Å². The van der Waals surface area contributed by atoms with Crippen molar-refractivity contribution in [3.8, 4) is 0 Å². The molecule has 0 bridgehead atoms. The van der Waals surface area contributed by atoms with Crippen molar-refractivity contribution in [2.75, 3.05) is 13.1 Å². The Bertz CT molecular complexity index is 272. The van der Waals surface area contributed by atoms with Crippen LogP contribution in [0.15, 0.2) is 23.8 Å². The fraction of sp³-hybridized carbons (Fsp3) is 0.556. The number of halogens is 2. The summed E-state index contributed by atoms with van der Waals surface area (Å²) in [5.41, 5.74) is 16.1. The van der Waals surface area contributed by atoms with Gasteiger partial charge in [0.15, 0.2) is 0 Å². The lowest BCUT2D eigenvalue weighted by Gasteiger charge is -2.33. The number of hydrogen-bond donors (Lipinski definition) is 3. The molecule has 15 heavy (non-hydrogen) atoms. The summed E-state index contributed by atoms with van der Waals surface area (Å²) in [6.07, 6.45) is 2.65. The molecule has 6 heteroatoms. The molecule has 1 heterocycles. The van der Waals surface area contributed by atoms with Crippen molar-refractivity contribution in [2.45, 2.75) is 18.8 Å². The fourth-order valence-corrected chi connectivity index (χ4v) is 1.38. The number of likely N-dealkylation sites (tertiary alicyclic amines) is 1. The van der Waals surface area contributed by atoms with Crippen molar-refractivity contribution in [1.29, 1.82) is 0 Å². The molecule has 1 rings (SSSR count). The summed E-state index contributed by atoms with van der Waals surface area (Å²) < 4.78 is 25.6. The summed E-state index contributed by atoms with van der Waals surface area (Å²) in [4.78, 5) is 1.69. The quantitative estimate of drug-likeness (QED) is 0.581. The molecule has 4 nitrogen and oxygen atoms in total. The number of rotatable bonds is 2. The normalized spacial score (nSPS) is 21.2. The molecule has 0 unspecified atom stereocenters. The molecule has 0 radical (unpaired) electrons. The van der Waals surface area contributed by atoms with Gasteiger partial charge in [0.25, 0.3) is 5.92 Å². The Balaban J connectivity index is 2.53. The zero-order chi connectivity index (χ0) is 11.5. The first-order valence-electron chi connectivity index (χ1n) is 4.72. The van der Waals surface area contributed by atoms with Crippen molar-refractivity contribution in [3.63, 3.8) is 0 Å². The van der Waals surface area contributed by atoms with Gasteiger partial charge in [-0.15, -0.1) is 0 Å². The SMILES string of the molecule is NC(N)=C/C=C(\N)N1CCC(F)(F)CC1. The maximum Gasteiger partial charge on any atom is 0.251 e. The minimum Gasteiger partial charge on any atom is -0.386 e. The van der Waals surface area contributed by atoms with Crippen molar-refractivity contribution < 1.29 is 8.78 Å². The van der Waals surface area contributed by atoms with Crippen LogP contribution in [0.25, 0.3) is 0 Å². The number of piperidine rings is 1. The second-order valence-corrected chi connectivity index (χ2v) is 3.60. The maximum absolute atomic E-state index is 12.8. The third-order valence-corrected chi connectivity index (χ3v) is 2.31. The number of nitrogens with zero attached hydrogens (tertiary/aromatic N) is 1. The Labute approximate surface area is 87.4 Å². The largest absolute Gasteiger partial charge is 0.386 e. The van der Waals surface area contributed by atoms with Crippen LogP contribution in [0, 0.1) is 0 Å². The van der Waals surface area contributed by atoms with Gasteiger partial charge >= 0.3 is 0 Å². The van der Waals surface area contributed by atoms with E-state index in [1.165, 1.54) is 12.2 Å². The van der Waals surface area contributed by atoms with E-state index < -0.39 is 5.92 Å². The van der Waals surface area contributed by atoms with Gasteiger partial charge in [0.05, 0.1) is 11.6 Å². The molecule has 1 aliphatic heterocycles. The van der Waals surface area contributed by atoms with Crippen LogP contribution in [0.3, 0.4) is 0 Å². The average Bonchev–Trinajstić information content (AvgIpc) is 2.14. The van der Waals surface area contributed by atoms with E-state index in [1.54, 1.807) is 4.90 Å². The predicted octanol–water partition coefficient (Wildman–Crippen LogP) is 0.276. The summed E-state index contributed by atoms with van der Waals surface area (Å²) in [6, 6.07) is 0. The molecule has 0 amide bonds. The zero-order valence-electron chi connectivity index (χ0n) is 8.42. The number of nitrogens with two attached hydrogens (primary N) is 3. The lowest BCUT2D eigenvalue weighted by atomic mass is 10.1. The molecule has 0 aromatic heterocycles. The number of alkyl halides is 2. The van der Waals surface area contributed by atoms with Gasteiger partial charge < -0.3 is 22.1 Å². The first-order chi connectivity index (χ1) is 6.91. The van der Waals surface area contributed by atoms with E-state index in [9.17, 15) is 8.78 Å². The van der Waals surface area contributed by atoms with Gasteiger partial charge in [-0.2, -0.15) is 0 Å². The van der Waals surface area contributed by atoms with Gasteiger partial charge in [0, 0.05) is 25.9 Å². The van der Waals surface area contributed by atoms with Gasteiger partial charge in [0.2, 0.25) is 0 Å². The Morgan fingerprint density at radius 3 is 2.07 bits per heavy atom. The highest BCUT2D eigenvalue weighted by Gasteiger charge is 2.34. The molecule has 1 fully saturated rings. The van der Waals surface area contributed by atoms with Crippen LogP contribution in [0.1, 0.15) is 12.8 Å². The number of allylic oxidation sites excluding steroid dienone is 2. The first kappa shape index (κ1) is 11.6. The third-order valence-electron chi connectivity index (χ3n) is 2.31. The van der Waals surface area contributed by atoms with Crippen LogP contribution in [-0.4, -0.2) is 23.9 Å². The van der Waals surface area contributed by atoms with Gasteiger partial charge in [-0.3, -0.25) is 0 Å². The summed E-state index contributed by atoms with van der Waals surface area (Å²) in [5, 5.41) is 0. The lowest BCUT2D eigenvalue weighted by Crippen LogP contribution is -2.40. The van der Waals surface area contributed by atoms with E-state index in [0.29, 0.717) is 5.82 Å². The molecule has 0 atom stereocenters. The molecular formula is C9H16F2N4. The molecule has 1 aliphatic rings. The summed E-state index contributed by atoms with van der Waals surface area (Å²) in [7, 11) is 0. The standard InChI is InChI=1S/C9H16F2N4/c10-9(11)3-5-15(6-4-9)8(14)2-1-7(12)13/h1-2H,3-6,12-14H2/b8-2+. The Morgan fingerprint density at radius 1 is 1.07 bits per heavy atom. The van der Waals surface area contributed by atoms with Gasteiger partial charge in [-0.05, 0) is 12.2 Å². The fourth-order valence-electron chi connectivity index (χ4n) is 1.38. The zero-order valence-corrected chi connectivity index (χ0v) is 8.42. The Morgan fingerprint density at radius 2 is 1.60 bits per heavy atom. The number of hydrogen-bond acceptors (Lipinski definition) is 4. The topological polar surface area (TPSA) is 81.3 Å². The lowest BCUT2D eigenvalue weighted by molar-refractivity contribution is -0.0491. The molecule has 0 aliphatic carbocycles. The molecule has 86 valence electrons. The van der Waals surface area contributed by atoms with E-state index in [1.807, 2.05) is 0 Å². The van der Waals surface area contributed by atoms with E-state index >= 15 is 0 Å². The second kappa shape index (κ2) is 4.37. The van der Waals surface area contributed by atoms with E-state index in [2.05, 4.69) is 0 Å². The highest BCUT2D eigenvalue weighted by atomic mass is 19.3. The molecule has 0 aromatic carbocycles. The summed E-state index contributed by atoms with van der Waals surface area (Å²) in [5.74, 6) is -2.00. The van der Waals surface area contributed by atoms with E-state index in [-0.39, 0.29) is 31.8 Å². The van der Waals surface area contributed by atoms with Gasteiger partial charge in [-0.1, -0.05) is 0 Å². The van der Waals surface area contributed by atoms with Crippen LogP contribution in [0.5, 0.6) is 0 Å². The Hall–Kier alpha value is -1.46. The van der Waals surface area contributed by atoms with E-state index in [4.69, 9.17) is 17.2 Å². The molecule has 0 spiro atoms. The second-order valence-electron chi connectivity index (χ2n) is 3.60. The van der Waals surface area contributed by atoms with Crippen molar-refractivity contribution in [2.24, 2.45) is 17.2 Å². The molecular weight excluding hydrogens is 202 g/mol. The highest BCUT2D eigenvalue weighted by Crippen LogP contribution is 2.28. The van der Waals surface area contributed by atoms with E-state index in [0.717, 1.165) is 0 Å². The maximum atomic E-state index is 12.8. The summed E-state index contributed by atoms with van der Waals surface area (Å²) in [6.45, 7) is 0.515. The minimum atomic E-state index is -2.56.